The van der Waals surface area contributed by atoms with E-state index in [0.29, 0.717) is 15.8 Å². The van der Waals surface area contributed by atoms with Crippen LogP contribution in [0, 0.1) is 10.5 Å². The average Bonchev–Trinajstić information content (AvgIpc) is 2.44. The van der Waals surface area contributed by atoms with Crippen LogP contribution in [-0.2, 0) is 4.79 Å². The fraction of sp³-hybridized carbons (Fsp3) is 0.188. The van der Waals surface area contributed by atoms with Gasteiger partial charge in [0.05, 0.1) is 5.02 Å². The minimum atomic E-state index is -0.683. The van der Waals surface area contributed by atoms with Crippen molar-refractivity contribution in [1.82, 2.24) is 0 Å². The van der Waals surface area contributed by atoms with Gasteiger partial charge in [0.2, 0.25) is 0 Å². The normalized spacial score (nSPS) is 11.9. The number of rotatable bonds is 4. The highest BCUT2D eigenvalue weighted by Gasteiger charge is 2.17. The SMILES string of the molecule is Cc1cc(I)ccc1NC(=O)[C@H](C)Oc1ccc(Cl)cc1Cl. The number of anilines is 1. The number of benzene rings is 2. The zero-order valence-corrected chi connectivity index (χ0v) is 15.7. The first-order valence-electron chi connectivity index (χ1n) is 6.55. The molecule has 0 aliphatic heterocycles. The van der Waals surface area contributed by atoms with Gasteiger partial charge in [-0.1, -0.05) is 23.2 Å². The molecule has 0 bridgehead atoms. The maximum absolute atomic E-state index is 12.2. The smallest absolute Gasteiger partial charge is 0.265 e. The second-order valence-corrected chi connectivity index (χ2v) is 6.87. The number of hydrogen-bond donors (Lipinski definition) is 1. The Morgan fingerprint density at radius 1 is 1.23 bits per heavy atom. The molecule has 0 unspecified atom stereocenters. The van der Waals surface area contributed by atoms with Gasteiger partial charge in [0.1, 0.15) is 5.75 Å². The van der Waals surface area contributed by atoms with Crippen molar-refractivity contribution in [2.24, 2.45) is 0 Å². The van der Waals surface area contributed by atoms with Crippen LogP contribution in [0.2, 0.25) is 10.0 Å². The highest BCUT2D eigenvalue weighted by atomic mass is 127. The Kier molecular flexibility index (Phi) is 5.94. The summed E-state index contributed by atoms with van der Waals surface area (Å²) in [5.74, 6) is 0.184. The summed E-state index contributed by atoms with van der Waals surface area (Å²) >= 11 is 14.1. The molecule has 1 atom stereocenters. The summed E-state index contributed by atoms with van der Waals surface area (Å²) in [4.78, 5) is 12.2. The standard InChI is InChI=1S/C16H14Cl2INO2/c1-9-7-12(19)4-5-14(9)20-16(21)10(2)22-15-6-3-11(17)8-13(15)18/h3-8,10H,1-2H3,(H,20,21)/t10-/m0/s1. The zero-order chi connectivity index (χ0) is 16.3. The van der Waals surface area contributed by atoms with Crippen molar-refractivity contribution >= 4 is 57.4 Å². The second kappa shape index (κ2) is 7.53. The quantitative estimate of drug-likeness (QED) is 0.642. The minimum Gasteiger partial charge on any atom is -0.479 e. The van der Waals surface area contributed by atoms with Crippen molar-refractivity contribution in [1.29, 1.82) is 0 Å². The molecule has 2 rings (SSSR count). The Labute approximate surface area is 153 Å². The Hall–Kier alpha value is -0.980. The van der Waals surface area contributed by atoms with Crippen LogP contribution >= 0.6 is 45.8 Å². The number of amides is 1. The lowest BCUT2D eigenvalue weighted by molar-refractivity contribution is -0.122. The Morgan fingerprint density at radius 2 is 1.95 bits per heavy atom. The number of hydrogen-bond acceptors (Lipinski definition) is 2. The van der Waals surface area contributed by atoms with E-state index in [0.717, 1.165) is 14.8 Å². The van der Waals surface area contributed by atoms with E-state index in [-0.39, 0.29) is 5.91 Å². The maximum atomic E-state index is 12.2. The molecule has 2 aromatic rings. The number of ether oxygens (including phenoxy) is 1. The van der Waals surface area contributed by atoms with E-state index in [1.165, 1.54) is 0 Å². The van der Waals surface area contributed by atoms with Gasteiger partial charge in [0.15, 0.2) is 6.10 Å². The van der Waals surface area contributed by atoms with E-state index in [2.05, 4.69) is 27.9 Å². The summed E-state index contributed by atoms with van der Waals surface area (Å²) in [6.45, 7) is 3.61. The number of halogens is 3. The van der Waals surface area contributed by atoms with Gasteiger partial charge in [-0.25, -0.2) is 0 Å². The van der Waals surface area contributed by atoms with Crippen molar-refractivity contribution in [3.63, 3.8) is 0 Å². The average molecular weight is 450 g/mol. The monoisotopic (exact) mass is 449 g/mol. The van der Waals surface area contributed by atoms with Crippen LogP contribution in [0.4, 0.5) is 5.69 Å². The van der Waals surface area contributed by atoms with Crippen LogP contribution in [0.25, 0.3) is 0 Å². The maximum Gasteiger partial charge on any atom is 0.265 e. The van der Waals surface area contributed by atoms with Crippen molar-refractivity contribution in [3.8, 4) is 5.75 Å². The predicted octanol–water partition coefficient (Wildman–Crippen LogP) is 5.31. The molecule has 3 nitrogen and oxygen atoms in total. The third-order valence-corrected chi connectivity index (χ3v) is 4.21. The minimum absolute atomic E-state index is 0.240. The molecule has 0 heterocycles. The first kappa shape index (κ1) is 17.4. The van der Waals surface area contributed by atoms with E-state index in [9.17, 15) is 4.79 Å². The number of carbonyl (C=O) groups is 1. The van der Waals surface area contributed by atoms with E-state index >= 15 is 0 Å². The predicted molar refractivity (Wildman–Crippen MR) is 99.1 cm³/mol. The largest absolute Gasteiger partial charge is 0.479 e. The molecule has 2 aromatic carbocycles. The van der Waals surface area contributed by atoms with Crippen molar-refractivity contribution < 1.29 is 9.53 Å². The van der Waals surface area contributed by atoms with Gasteiger partial charge in [0.25, 0.3) is 5.91 Å². The topological polar surface area (TPSA) is 38.3 Å². The van der Waals surface area contributed by atoms with Crippen LogP contribution in [0.3, 0.4) is 0 Å². The highest BCUT2D eigenvalue weighted by molar-refractivity contribution is 14.1. The summed E-state index contributed by atoms with van der Waals surface area (Å²) in [6, 6.07) is 10.7. The molecule has 0 radical (unpaired) electrons. The number of carbonyl (C=O) groups excluding carboxylic acids is 1. The van der Waals surface area contributed by atoms with Crippen molar-refractivity contribution in [2.75, 3.05) is 5.32 Å². The first-order valence-corrected chi connectivity index (χ1v) is 8.39. The van der Waals surface area contributed by atoms with E-state index in [4.69, 9.17) is 27.9 Å². The molecule has 0 saturated heterocycles. The molecular weight excluding hydrogens is 436 g/mol. The van der Waals surface area contributed by atoms with Gasteiger partial charge in [-0.2, -0.15) is 0 Å². The van der Waals surface area contributed by atoms with Gasteiger partial charge in [-0.3, -0.25) is 4.79 Å². The van der Waals surface area contributed by atoms with Gasteiger partial charge in [0, 0.05) is 14.3 Å². The van der Waals surface area contributed by atoms with Crippen LogP contribution in [0.15, 0.2) is 36.4 Å². The molecule has 22 heavy (non-hydrogen) atoms. The first-order chi connectivity index (χ1) is 10.4. The third kappa shape index (κ3) is 4.51. The zero-order valence-electron chi connectivity index (χ0n) is 12.0. The molecule has 0 fully saturated rings. The number of nitrogens with one attached hydrogen (secondary N) is 1. The highest BCUT2D eigenvalue weighted by Crippen LogP contribution is 2.28. The lowest BCUT2D eigenvalue weighted by Gasteiger charge is -2.16. The van der Waals surface area contributed by atoms with E-state index in [1.807, 2.05) is 25.1 Å². The molecule has 0 aromatic heterocycles. The summed E-state index contributed by atoms with van der Waals surface area (Å²) in [7, 11) is 0. The summed E-state index contributed by atoms with van der Waals surface area (Å²) in [5.41, 5.74) is 1.76. The van der Waals surface area contributed by atoms with Crippen molar-refractivity contribution in [2.45, 2.75) is 20.0 Å². The fourth-order valence-electron chi connectivity index (χ4n) is 1.82. The second-order valence-electron chi connectivity index (χ2n) is 4.78. The summed E-state index contributed by atoms with van der Waals surface area (Å²) in [5, 5.41) is 3.74. The molecule has 1 N–H and O–H groups in total. The molecule has 0 spiro atoms. The Bertz CT molecular complexity index is 707. The molecule has 1 amide bonds. The molecule has 116 valence electrons. The van der Waals surface area contributed by atoms with Crippen LogP contribution in [0.1, 0.15) is 12.5 Å². The van der Waals surface area contributed by atoms with Gasteiger partial charge < -0.3 is 10.1 Å². The lowest BCUT2D eigenvalue weighted by atomic mass is 10.2. The van der Waals surface area contributed by atoms with Crippen LogP contribution in [-0.4, -0.2) is 12.0 Å². The van der Waals surface area contributed by atoms with E-state index < -0.39 is 6.10 Å². The number of aryl methyl sites for hydroxylation is 1. The van der Waals surface area contributed by atoms with Gasteiger partial charge in [-0.15, -0.1) is 0 Å². The molecule has 0 aliphatic rings. The Balaban J connectivity index is 2.05. The molecule has 0 aliphatic carbocycles. The van der Waals surface area contributed by atoms with Gasteiger partial charge >= 0.3 is 0 Å². The summed E-state index contributed by atoms with van der Waals surface area (Å²) < 4.78 is 6.71. The molecular formula is C16H14Cl2INO2. The van der Waals surface area contributed by atoms with Gasteiger partial charge in [-0.05, 0) is 78.4 Å². The van der Waals surface area contributed by atoms with E-state index in [1.54, 1.807) is 25.1 Å². The molecule has 0 saturated carbocycles. The van der Waals surface area contributed by atoms with Crippen LogP contribution < -0.4 is 10.1 Å². The third-order valence-electron chi connectivity index (χ3n) is 3.01. The lowest BCUT2D eigenvalue weighted by Crippen LogP contribution is -2.30. The molecule has 6 heteroatoms. The summed E-state index contributed by atoms with van der Waals surface area (Å²) in [6.07, 6.45) is -0.683. The van der Waals surface area contributed by atoms with Crippen LogP contribution in [0.5, 0.6) is 5.75 Å². The van der Waals surface area contributed by atoms with Crippen molar-refractivity contribution in [3.05, 3.63) is 55.6 Å². The fourth-order valence-corrected chi connectivity index (χ4v) is 2.92. The Morgan fingerprint density at radius 3 is 2.59 bits per heavy atom.